The number of amides is 1. The number of benzene rings is 1. The fraction of sp³-hybridized carbons (Fsp3) is 0.133. The molecule has 2 heterocycles. The Balaban J connectivity index is 1.81. The summed E-state index contributed by atoms with van der Waals surface area (Å²) in [6.07, 6.45) is 4.01. The molecule has 2 aromatic rings. The quantitative estimate of drug-likeness (QED) is 0.629. The predicted octanol–water partition coefficient (Wildman–Crippen LogP) is 2.08. The minimum atomic E-state index is -1.01. The van der Waals surface area contributed by atoms with Crippen molar-refractivity contribution >= 4 is 46.3 Å². The fourth-order valence-electron chi connectivity index (χ4n) is 2.18. The lowest BCUT2D eigenvalue weighted by Crippen LogP contribution is -2.30. The summed E-state index contributed by atoms with van der Waals surface area (Å²) in [6, 6.07) is 4.45. The average molecular weight is 378 g/mol. The van der Waals surface area contributed by atoms with Crippen molar-refractivity contribution in [3.63, 3.8) is 0 Å². The van der Waals surface area contributed by atoms with Crippen LogP contribution < -0.4 is 0 Å². The van der Waals surface area contributed by atoms with E-state index in [1.54, 1.807) is 6.07 Å². The van der Waals surface area contributed by atoms with Crippen molar-refractivity contribution in [1.29, 1.82) is 0 Å². The predicted molar refractivity (Wildman–Crippen MR) is 93.4 cm³/mol. The third-order valence-electron chi connectivity index (χ3n) is 3.36. The van der Waals surface area contributed by atoms with E-state index in [0.717, 1.165) is 11.8 Å². The van der Waals surface area contributed by atoms with Crippen molar-refractivity contribution in [2.45, 2.75) is 6.42 Å². The number of nitrogens with zero attached hydrogens (tertiary/aromatic N) is 4. The molecule has 1 fully saturated rings. The monoisotopic (exact) mass is 378 g/mol. The number of rotatable bonds is 5. The van der Waals surface area contributed by atoms with Gasteiger partial charge in [0.25, 0.3) is 5.91 Å². The van der Waals surface area contributed by atoms with E-state index in [2.05, 4.69) is 10.1 Å². The van der Waals surface area contributed by atoms with Gasteiger partial charge in [0.2, 0.25) is 0 Å². The second-order valence-corrected chi connectivity index (χ2v) is 6.70. The van der Waals surface area contributed by atoms with Crippen LogP contribution in [-0.4, -0.2) is 47.5 Å². The number of carbonyl (C=O) groups excluding carboxylic acids is 1. The molecule has 0 spiro atoms. The van der Waals surface area contributed by atoms with Crippen LogP contribution in [0.4, 0.5) is 4.39 Å². The summed E-state index contributed by atoms with van der Waals surface area (Å²) in [5.41, 5.74) is 0.726. The van der Waals surface area contributed by atoms with Crippen molar-refractivity contribution in [3.05, 3.63) is 47.1 Å². The highest BCUT2D eigenvalue weighted by atomic mass is 32.2. The van der Waals surface area contributed by atoms with Crippen LogP contribution in [0, 0.1) is 5.82 Å². The van der Waals surface area contributed by atoms with E-state index in [4.69, 9.17) is 17.3 Å². The highest BCUT2D eigenvalue weighted by Crippen LogP contribution is 2.32. The molecule has 0 radical (unpaired) electrons. The molecule has 1 N–H and O–H groups in total. The molecule has 0 atom stereocenters. The fourth-order valence-corrected chi connectivity index (χ4v) is 3.49. The third kappa shape index (κ3) is 3.74. The van der Waals surface area contributed by atoms with Crippen LogP contribution in [0.2, 0.25) is 0 Å². The van der Waals surface area contributed by atoms with Crippen molar-refractivity contribution in [3.8, 4) is 5.69 Å². The van der Waals surface area contributed by atoms with Gasteiger partial charge >= 0.3 is 5.97 Å². The van der Waals surface area contributed by atoms with Gasteiger partial charge in [0.05, 0.1) is 11.3 Å². The van der Waals surface area contributed by atoms with Gasteiger partial charge in [0.15, 0.2) is 0 Å². The Morgan fingerprint density at radius 2 is 2.24 bits per heavy atom. The second kappa shape index (κ2) is 7.11. The topological polar surface area (TPSA) is 88.3 Å². The molecule has 10 heteroatoms. The number of halogens is 1. The Hall–Kier alpha value is -2.59. The Morgan fingerprint density at radius 3 is 2.88 bits per heavy atom. The van der Waals surface area contributed by atoms with Crippen molar-refractivity contribution in [2.24, 2.45) is 0 Å². The number of carbonyl (C=O) groups is 2. The van der Waals surface area contributed by atoms with Gasteiger partial charge in [0.1, 0.15) is 28.5 Å². The number of carboxylic acids is 1. The number of hydrogen-bond acceptors (Lipinski definition) is 6. The van der Waals surface area contributed by atoms with E-state index in [9.17, 15) is 14.0 Å². The number of carboxylic acid groups (broad SMARTS) is 1. The third-order valence-corrected chi connectivity index (χ3v) is 4.74. The molecule has 0 bridgehead atoms. The summed E-state index contributed by atoms with van der Waals surface area (Å²) >= 11 is 6.17. The molecular formula is C15H11FN4O3S2. The van der Waals surface area contributed by atoms with E-state index in [1.807, 2.05) is 0 Å². The minimum Gasteiger partial charge on any atom is -0.481 e. The highest BCUT2D eigenvalue weighted by Gasteiger charge is 2.32. The number of thiocarbonyl (C=S) groups is 1. The molecule has 1 saturated heterocycles. The maximum atomic E-state index is 14.2. The Bertz CT molecular complexity index is 883. The van der Waals surface area contributed by atoms with Crippen LogP contribution in [0.5, 0.6) is 0 Å². The molecule has 3 rings (SSSR count). The first-order valence-electron chi connectivity index (χ1n) is 7.07. The summed E-state index contributed by atoms with van der Waals surface area (Å²) < 4.78 is 15.8. The molecule has 1 aromatic heterocycles. The van der Waals surface area contributed by atoms with E-state index < -0.39 is 11.8 Å². The first-order chi connectivity index (χ1) is 12.0. The van der Waals surface area contributed by atoms with E-state index >= 15 is 0 Å². The van der Waals surface area contributed by atoms with E-state index in [-0.39, 0.29) is 28.9 Å². The zero-order valence-electron chi connectivity index (χ0n) is 12.6. The van der Waals surface area contributed by atoms with Gasteiger partial charge in [-0.1, -0.05) is 30.0 Å². The zero-order chi connectivity index (χ0) is 18.0. The lowest BCUT2D eigenvalue weighted by atomic mass is 10.1. The molecule has 128 valence electrons. The van der Waals surface area contributed by atoms with Gasteiger partial charge in [-0.2, -0.15) is 5.10 Å². The van der Waals surface area contributed by atoms with Gasteiger partial charge in [-0.3, -0.25) is 14.5 Å². The Morgan fingerprint density at radius 1 is 1.44 bits per heavy atom. The molecule has 7 nitrogen and oxygen atoms in total. The Labute approximate surface area is 151 Å². The van der Waals surface area contributed by atoms with Crippen molar-refractivity contribution < 1.29 is 19.1 Å². The van der Waals surface area contributed by atoms with Crippen LogP contribution in [0.25, 0.3) is 11.8 Å². The highest BCUT2D eigenvalue weighted by molar-refractivity contribution is 8.26. The molecule has 1 amide bonds. The molecule has 0 unspecified atom stereocenters. The van der Waals surface area contributed by atoms with Gasteiger partial charge in [0, 0.05) is 6.54 Å². The maximum Gasteiger partial charge on any atom is 0.305 e. The zero-order valence-corrected chi connectivity index (χ0v) is 14.3. The van der Waals surface area contributed by atoms with Crippen LogP contribution in [0.15, 0.2) is 35.8 Å². The first-order valence-corrected chi connectivity index (χ1v) is 8.30. The molecule has 1 aliphatic rings. The summed E-state index contributed by atoms with van der Waals surface area (Å²) in [4.78, 5) is 28.3. The normalized spacial score (nSPS) is 16.0. The number of thioether (sulfide) groups is 1. The number of aromatic nitrogens is 3. The lowest BCUT2D eigenvalue weighted by molar-refractivity contribution is -0.137. The molecule has 1 aliphatic heterocycles. The summed E-state index contributed by atoms with van der Waals surface area (Å²) in [5, 5.41) is 12.6. The standard InChI is InChI=1S/C15H11FN4O3S2/c16-10-5-9(1-2-11(10)20-8-17-7-18-20)6-12-14(23)19(15(24)25-12)4-3-13(21)22/h1-2,5-8H,3-4H2,(H,21,22)/b12-6+. The average Bonchev–Trinajstić information content (AvgIpc) is 3.16. The summed E-state index contributed by atoms with van der Waals surface area (Å²) in [7, 11) is 0. The van der Waals surface area contributed by atoms with Crippen LogP contribution >= 0.6 is 24.0 Å². The Kier molecular flexibility index (Phi) is 4.91. The van der Waals surface area contributed by atoms with E-state index in [0.29, 0.717) is 10.5 Å². The van der Waals surface area contributed by atoms with Gasteiger partial charge in [-0.15, -0.1) is 0 Å². The number of aliphatic carboxylic acids is 1. The number of hydrogen-bond donors (Lipinski definition) is 1. The molecule has 0 saturated carbocycles. The summed E-state index contributed by atoms with van der Waals surface area (Å²) in [6.45, 7) is 0.0109. The van der Waals surface area contributed by atoms with Gasteiger partial charge < -0.3 is 5.11 Å². The second-order valence-electron chi connectivity index (χ2n) is 5.03. The van der Waals surface area contributed by atoms with Crippen LogP contribution in [0.3, 0.4) is 0 Å². The van der Waals surface area contributed by atoms with Gasteiger partial charge in [-0.05, 0) is 23.8 Å². The first kappa shape index (κ1) is 17.2. The minimum absolute atomic E-state index is 0.0109. The van der Waals surface area contributed by atoms with Crippen LogP contribution in [0.1, 0.15) is 12.0 Å². The SMILES string of the molecule is O=C(O)CCN1C(=O)/C(=C\c2ccc(-n3cncn3)c(F)c2)SC1=S. The smallest absolute Gasteiger partial charge is 0.305 e. The largest absolute Gasteiger partial charge is 0.481 e. The molecule has 25 heavy (non-hydrogen) atoms. The molecule has 1 aromatic carbocycles. The molecular weight excluding hydrogens is 367 g/mol. The maximum absolute atomic E-state index is 14.2. The lowest BCUT2D eigenvalue weighted by Gasteiger charge is -2.12. The van der Waals surface area contributed by atoms with Gasteiger partial charge in [-0.25, -0.2) is 14.1 Å². The van der Waals surface area contributed by atoms with E-state index in [1.165, 1.54) is 40.4 Å². The van der Waals surface area contributed by atoms with Crippen molar-refractivity contribution in [2.75, 3.05) is 6.54 Å². The van der Waals surface area contributed by atoms with Crippen molar-refractivity contribution in [1.82, 2.24) is 19.7 Å². The summed E-state index contributed by atoms with van der Waals surface area (Å²) in [5.74, 6) is -1.90. The van der Waals surface area contributed by atoms with Crippen LogP contribution in [-0.2, 0) is 9.59 Å². The molecule has 0 aliphatic carbocycles.